The summed E-state index contributed by atoms with van der Waals surface area (Å²) < 4.78 is 83.1. The number of halogens is 6. The van der Waals surface area contributed by atoms with Crippen molar-refractivity contribution in [3.05, 3.63) is 81.8 Å². The zero-order valence-electron chi connectivity index (χ0n) is 16.8. The highest BCUT2D eigenvalue weighted by Crippen LogP contribution is 2.33. The Bertz CT molecular complexity index is 1230. The van der Waals surface area contributed by atoms with Crippen molar-refractivity contribution in [1.82, 2.24) is 9.78 Å². The summed E-state index contributed by atoms with van der Waals surface area (Å²) in [7, 11) is 0. The lowest BCUT2D eigenvalue weighted by Gasteiger charge is -2.17. The molecule has 3 aromatic rings. The number of aromatic nitrogens is 2. The van der Waals surface area contributed by atoms with Crippen LogP contribution in [0.1, 0.15) is 21.7 Å². The van der Waals surface area contributed by atoms with Crippen LogP contribution in [0.4, 0.5) is 32.0 Å². The van der Waals surface area contributed by atoms with Gasteiger partial charge in [-0.3, -0.25) is 9.59 Å². The van der Waals surface area contributed by atoms with Crippen LogP contribution >= 0.6 is 0 Å². The molecular formula is C21H15F6N3O3. The van der Waals surface area contributed by atoms with E-state index in [9.17, 15) is 35.9 Å². The lowest BCUT2D eigenvalue weighted by molar-refractivity contribution is -0.153. The van der Waals surface area contributed by atoms with Crippen molar-refractivity contribution in [3.63, 3.8) is 0 Å². The maximum Gasteiger partial charge on any atom is 0.422 e. The van der Waals surface area contributed by atoms with Crippen molar-refractivity contribution in [3.8, 4) is 11.4 Å². The van der Waals surface area contributed by atoms with E-state index in [2.05, 4.69) is 15.2 Å². The second-order valence-electron chi connectivity index (χ2n) is 6.78. The van der Waals surface area contributed by atoms with Gasteiger partial charge in [0, 0.05) is 11.8 Å². The number of aryl methyl sites for hydroxylation is 1. The van der Waals surface area contributed by atoms with E-state index in [1.807, 2.05) is 0 Å². The van der Waals surface area contributed by atoms with E-state index >= 15 is 0 Å². The molecule has 0 saturated carbocycles. The number of alkyl halides is 6. The van der Waals surface area contributed by atoms with Gasteiger partial charge in [-0.2, -0.15) is 31.4 Å². The van der Waals surface area contributed by atoms with E-state index in [-0.39, 0.29) is 17.1 Å². The van der Waals surface area contributed by atoms with Crippen molar-refractivity contribution in [2.75, 3.05) is 11.9 Å². The quantitative estimate of drug-likeness (QED) is 0.545. The molecule has 0 unspecified atom stereocenters. The average molecular weight is 471 g/mol. The number of amides is 1. The highest BCUT2D eigenvalue weighted by atomic mass is 19.4. The van der Waals surface area contributed by atoms with Gasteiger partial charge in [-0.05, 0) is 31.2 Å². The van der Waals surface area contributed by atoms with Gasteiger partial charge in [-0.1, -0.05) is 24.3 Å². The molecule has 1 amide bonds. The Balaban J connectivity index is 1.99. The van der Waals surface area contributed by atoms with Gasteiger partial charge in [0.05, 0.1) is 16.9 Å². The average Bonchev–Trinajstić information content (AvgIpc) is 2.72. The monoisotopic (exact) mass is 471 g/mol. The van der Waals surface area contributed by atoms with Crippen molar-refractivity contribution < 1.29 is 35.9 Å². The molecule has 0 saturated heterocycles. The van der Waals surface area contributed by atoms with Crippen LogP contribution < -0.4 is 15.5 Å². The SMILES string of the molecule is Cc1cc(=O)c(C(=O)Nc2ccccc2OCC(F)(F)F)nn1-c1ccccc1C(F)(F)F. The molecule has 0 aliphatic heterocycles. The number of rotatable bonds is 5. The van der Waals surface area contributed by atoms with Crippen LogP contribution in [0.25, 0.3) is 5.69 Å². The normalized spacial score (nSPS) is 11.8. The van der Waals surface area contributed by atoms with Gasteiger partial charge in [0.1, 0.15) is 5.75 Å². The summed E-state index contributed by atoms with van der Waals surface area (Å²) in [5, 5.41) is 6.02. The molecule has 6 nitrogen and oxygen atoms in total. The van der Waals surface area contributed by atoms with Crippen molar-refractivity contribution in [2.24, 2.45) is 0 Å². The van der Waals surface area contributed by atoms with Crippen molar-refractivity contribution in [2.45, 2.75) is 19.3 Å². The Morgan fingerprint density at radius 2 is 1.67 bits per heavy atom. The third-order valence-corrected chi connectivity index (χ3v) is 4.29. The standard InChI is InChI=1S/C21H15F6N3O3/c1-12-10-16(31)18(29-30(12)15-8-4-2-6-13(15)21(25,26)27)19(32)28-14-7-3-5-9-17(14)33-11-20(22,23)24/h2-10H,11H2,1H3,(H,28,32). The summed E-state index contributed by atoms with van der Waals surface area (Å²) in [5.41, 5.74) is -3.26. The first-order valence-corrected chi connectivity index (χ1v) is 9.24. The van der Waals surface area contributed by atoms with E-state index in [0.717, 1.165) is 22.9 Å². The Labute approximate surface area is 182 Å². The Morgan fingerprint density at radius 3 is 2.33 bits per heavy atom. The van der Waals surface area contributed by atoms with Gasteiger partial charge in [-0.15, -0.1) is 0 Å². The Hall–Kier alpha value is -3.83. The largest absolute Gasteiger partial charge is 0.482 e. The summed E-state index contributed by atoms with van der Waals surface area (Å²) in [5.74, 6) is -1.46. The zero-order valence-corrected chi connectivity index (χ0v) is 16.8. The van der Waals surface area contributed by atoms with Crippen LogP contribution in [0.3, 0.4) is 0 Å². The number of ether oxygens (including phenoxy) is 1. The van der Waals surface area contributed by atoms with Gasteiger partial charge in [-0.25, -0.2) is 4.68 Å². The number of nitrogens with zero attached hydrogens (tertiary/aromatic N) is 2. The van der Waals surface area contributed by atoms with Crippen LogP contribution in [0.15, 0.2) is 59.4 Å². The molecule has 0 atom stereocenters. The molecule has 0 aliphatic carbocycles. The summed E-state index contributed by atoms with van der Waals surface area (Å²) in [6, 6.07) is 10.5. The maximum absolute atomic E-state index is 13.4. The third-order valence-electron chi connectivity index (χ3n) is 4.29. The third kappa shape index (κ3) is 5.70. The fourth-order valence-corrected chi connectivity index (χ4v) is 2.88. The van der Waals surface area contributed by atoms with Crippen LogP contribution in [0, 0.1) is 6.92 Å². The molecule has 2 aromatic carbocycles. The first-order chi connectivity index (χ1) is 15.4. The number of nitrogens with one attached hydrogen (secondary N) is 1. The van der Waals surface area contributed by atoms with Crippen LogP contribution in [-0.4, -0.2) is 28.5 Å². The van der Waals surface area contributed by atoms with Gasteiger partial charge in [0.15, 0.2) is 12.3 Å². The summed E-state index contributed by atoms with van der Waals surface area (Å²) in [4.78, 5) is 25.0. The second-order valence-corrected chi connectivity index (χ2v) is 6.78. The molecule has 0 spiro atoms. The van der Waals surface area contributed by atoms with E-state index in [4.69, 9.17) is 0 Å². The van der Waals surface area contributed by atoms with Crippen LogP contribution in [0.5, 0.6) is 5.75 Å². The lowest BCUT2D eigenvalue weighted by Crippen LogP contribution is -2.28. The fourth-order valence-electron chi connectivity index (χ4n) is 2.88. The summed E-state index contributed by atoms with van der Waals surface area (Å²) in [6.45, 7) is -0.285. The van der Waals surface area contributed by atoms with E-state index in [1.165, 1.54) is 43.3 Å². The first kappa shape index (κ1) is 23.8. The van der Waals surface area contributed by atoms with Crippen molar-refractivity contribution in [1.29, 1.82) is 0 Å². The molecule has 0 radical (unpaired) electrons. The van der Waals surface area contributed by atoms with E-state index in [0.29, 0.717) is 0 Å². The van der Waals surface area contributed by atoms with Crippen LogP contribution in [-0.2, 0) is 6.18 Å². The summed E-state index contributed by atoms with van der Waals surface area (Å²) >= 11 is 0. The molecule has 0 bridgehead atoms. The lowest BCUT2D eigenvalue weighted by atomic mass is 10.1. The molecule has 12 heteroatoms. The van der Waals surface area contributed by atoms with Gasteiger partial charge in [0.25, 0.3) is 5.91 Å². The summed E-state index contributed by atoms with van der Waals surface area (Å²) in [6.07, 6.45) is -9.36. The number of carbonyl (C=O) groups is 1. The number of hydrogen-bond acceptors (Lipinski definition) is 4. The second kappa shape index (κ2) is 8.96. The molecule has 1 heterocycles. The highest BCUT2D eigenvalue weighted by molar-refractivity contribution is 6.03. The molecule has 33 heavy (non-hydrogen) atoms. The minimum Gasteiger partial charge on any atom is -0.482 e. The predicted octanol–water partition coefficient (Wildman–Crippen LogP) is 4.75. The molecular weight excluding hydrogens is 456 g/mol. The van der Waals surface area contributed by atoms with Crippen LogP contribution in [0.2, 0.25) is 0 Å². The van der Waals surface area contributed by atoms with Gasteiger partial charge >= 0.3 is 12.4 Å². The maximum atomic E-state index is 13.4. The number of anilines is 1. The minimum atomic E-state index is -4.73. The molecule has 174 valence electrons. The molecule has 1 N–H and O–H groups in total. The molecule has 1 aromatic heterocycles. The minimum absolute atomic E-state index is 0.0298. The molecule has 3 rings (SSSR count). The number of carbonyl (C=O) groups excluding carboxylic acids is 1. The van der Waals surface area contributed by atoms with Crippen molar-refractivity contribution >= 4 is 11.6 Å². The predicted molar refractivity (Wildman–Crippen MR) is 106 cm³/mol. The zero-order chi connectivity index (χ0) is 24.4. The van der Waals surface area contributed by atoms with Gasteiger partial charge in [0.2, 0.25) is 5.43 Å². The number of hydrogen-bond donors (Lipinski definition) is 1. The van der Waals surface area contributed by atoms with Gasteiger partial charge < -0.3 is 10.1 Å². The highest BCUT2D eigenvalue weighted by Gasteiger charge is 2.34. The number of para-hydroxylation sites is 3. The fraction of sp³-hybridized carbons (Fsp3) is 0.190. The van der Waals surface area contributed by atoms with E-state index < -0.39 is 47.2 Å². The Kier molecular flexibility index (Phi) is 6.47. The first-order valence-electron chi connectivity index (χ1n) is 9.24. The Morgan fingerprint density at radius 1 is 1.03 bits per heavy atom. The smallest absolute Gasteiger partial charge is 0.422 e. The topological polar surface area (TPSA) is 73.2 Å². The molecule has 0 fully saturated rings. The number of benzene rings is 2. The molecule has 0 aliphatic rings. The van der Waals surface area contributed by atoms with E-state index in [1.54, 1.807) is 0 Å².